The summed E-state index contributed by atoms with van der Waals surface area (Å²) in [5.41, 5.74) is 7.64. The lowest BCUT2D eigenvalue weighted by Gasteiger charge is -2.27. The number of hydrogen-bond acceptors (Lipinski definition) is 7. The molecule has 0 fully saturated rings. The number of aliphatic hydroxyl groups is 1. The quantitative estimate of drug-likeness (QED) is 0.170. The molecule has 1 heterocycles. The molecule has 0 aliphatic rings. The Morgan fingerprint density at radius 3 is 2.29 bits per heavy atom. The number of H-pyrrole nitrogens is 1. The molecule has 0 spiro atoms. The van der Waals surface area contributed by atoms with Gasteiger partial charge in [-0.3, -0.25) is 14.4 Å². The van der Waals surface area contributed by atoms with Gasteiger partial charge in [0, 0.05) is 23.5 Å². The standard InChI is InChI=1S/C26H39N5O6S/c1-5-14(2)21(26(36)37)30-25(35)22(15(3)32)31-24(34)20(29-23(33)18(27)10-11-38-4)12-16-13-28-19-9-7-6-8-17(16)19/h6-9,13-15,18,20-22,28,32H,5,10-12,27H2,1-4H3,(H,29,33)(H,30,35)(H,31,34)(H,36,37). The van der Waals surface area contributed by atoms with Crippen LogP contribution in [-0.2, 0) is 25.6 Å². The van der Waals surface area contributed by atoms with E-state index in [-0.39, 0.29) is 12.3 Å². The highest BCUT2D eigenvalue weighted by Gasteiger charge is 2.34. The van der Waals surface area contributed by atoms with Crippen LogP contribution in [0.4, 0.5) is 0 Å². The Balaban J connectivity index is 2.28. The highest BCUT2D eigenvalue weighted by molar-refractivity contribution is 7.98. The second kappa shape index (κ2) is 14.7. The Labute approximate surface area is 226 Å². The van der Waals surface area contributed by atoms with Crippen LogP contribution < -0.4 is 21.7 Å². The summed E-state index contributed by atoms with van der Waals surface area (Å²) in [6.45, 7) is 4.79. The Kier molecular flexibility index (Phi) is 12.1. The number of aromatic amines is 1. The largest absolute Gasteiger partial charge is 0.480 e. The van der Waals surface area contributed by atoms with Crippen LogP contribution in [-0.4, -0.2) is 81.2 Å². The summed E-state index contributed by atoms with van der Waals surface area (Å²) in [6, 6.07) is 2.92. The number of carbonyl (C=O) groups is 4. The summed E-state index contributed by atoms with van der Waals surface area (Å²) in [7, 11) is 0. The molecule has 2 rings (SSSR count). The number of hydrogen-bond donors (Lipinski definition) is 7. The summed E-state index contributed by atoms with van der Waals surface area (Å²) in [4.78, 5) is 54.0. The number of benzene rings is 1. The van der Waals surface area contributed by atoms with Crippen LogP contribution >= 0.6 is 11.8 Å². The van der Waals surface area contributed by atoms with Crippen LogP contribution in [0.5, 0.6) is 0 Å². The molecule has 38 heavy (non-hydrogen) atoms. The molecule has 0 aliphatic carbocycles. The van der Waals surface area contributed by atoms with E-state index in [1.807, 2.05) is 30.5 Å². The molecule has 2 aromatic rings. The Hall–Kier alpha value is -3.09. The third-order valence-electron chi connectivity index (χ3n) is 6.54. The number of nitrogens with one attached hydrogen (secondary N) is 4. The van der Waals surface area contributed by atoms with E-state index < -0.39 is 54.0 Å². The van der Waals surface area contributed by atoms with Crippen molar-refractivity contribution < 1.29 is 29.4 Å². The van der Waals surface area contributed by atoms with Gasteiger partial charge in [-0.05, 0) is 42.9 Å². The fourth-order valence-electron chi connectivity index (χ4n) is 3.97. The van der Waals surface area contributed by atoms with Crippen molar-refractivity contribution in [2.24, 2.45) is 11.7 Å². The summed E-state index contributed by atoms with van der Waals surface area (Å²) < 4.78 is 0. The third-order valence-corrected chi connectivity index (χ3v) is 7.19. The summed E-state index contributed by atoms with van der Waals surface area (Å²) in [5.74, 6) is -2.99. The number of thioether (sulfide) groups is 1. The lowest BCUT2D eigenvalue weighted by Crippen LogP contribution is -2.60. The highest BCUT2D eigenvalue weighted by atomic mass is 32.2. The van der Waals surface area contributed by atoms with Gasteiger partial charge in [-0.15, -0.1) is 0 Å². The zero-order chi connectivity index (χ0) is 28.4. The summed E-state index contributed by atoms with van der Waals surface area (Å²) in [6.07, 6.45) is 3.31. The fraction of sp³-hybridized carbons (Fsp3) is 0.538. The average Bonchev–Trinajstić information content (AvgIpc) is 3.29. The van der Waals surface area contributed by atoms with Gasteiger partial charge in [0.25, 0.3) is 0 Å². The minimum absolute atomic E-state index is 0.0929. The van der Waals surface area contributed by atoms with Crippen LogP contribution in [0.2, 0.25) is 0 Å². The summed E-state index contributed by atoms with van der Waals surface area (Å²) in [5, 5.41) is 28.3. The molecule has 3 amide bonds. The molecule has 1 aromatic heterocycles. The molecule has 6 atom stereocenters. The van der Waals surface area contributed by atoms with E-state index >= 15 is 0 Å². The zero-order valence-corrected chi connectivity index (χ0v) is 23.0. The smallest absolute Gasteiger partial charge is 0.326 e. The molecule has 0 radical (unpaired) electrons. The van der Waals surface area contributed by atoms with Crippen LogP contribution in [0.3, 0.4) is 0 Å². The SMILES string of the molecule is CCC(C)C(NC(=O)C(NC(=O)C(Cc1c[nH]c2ccccc12)NC(=O)C(N)CCSC)C(C)O)C(=O)O. The molecule has 0 saturated carbocycles. The van der Waals surface area contributed by atoms with Crippen molar-refractivity contribution in [1.82, 2.24) is 20.9 Å². The molecular formula is C26H39N5O6S. The lowest BCUT2D eigenvalue weighted by molar-refractivity contribution is -0.144. The van der Waals surface area contributed by atoms with Gasteiger partial charge in [0.1, 0.15) is 18.1 Å². The van der Waals surface area contributed by atoms with Gasteiger partial charge in [-0.25, -0.2) is 4.79 Å². The first-order chi connectivity index (χ1) is 18.0. The molecular weight excluding hydrogens is 510 g/mol. The maximum absolute atomic E-state index is 13.4. The van der Waals surface area contributed by atoms with E-state index in [2.05, 4.69) is 20.9 Å². The first-order valence-corrected chi connectivity index (χ1v) is 14.0. The molecule has 210 valence electrons. The molecule has 6 unspecified atom stereocenters. The van der Waals surface area contributed by atoms with Gasteiger partial charge in [0.2, 0.25) is 17.7 Å². The molecule has 0 aliphatic heterocycles. The molecule has 0 bridgehead atoms. The van der Waals surface area contributed by atoms with Crippen molar-refractivity contribution in [2.75, 3.05) is 12.0 Å². The number of carboxylic acids is 1. The maximum Gasteiger partial charge on any atom is 0.326 e. The summed E-state index contributed by atoms with van der Waals surface area (Å²) >= 11 is 1.55. The van der Waals surface area contributed by atoms with Crippen LogP contribution in [0.25, 0.3) is 10.9 Å². The third kappa shape index (κ3) is 8.47. The van der Waals surface area contributed by atoms with Gasteiger partial charge < -0.3 is 36.9 Å². The number of fused-ring (bicyclic) bond motifs is 1. The minimum atomic E-state index is -1.44. The van der Waals surface area contributed by atoms with Crippen molar-refractivity contribution in [1.29, 1.82) is 0 Å². The van der Waals surface area contributed by atoms with Crippen LogP contribution in [0.15, 0.2) is 30.5 Å². The predicted octanol–water partition coefficient (Wildman–Crippen LogP) is 0.757. The topological polar surface area (TPSA) is 187 Å². The van der Waals surface area contributed by atoms with E-state index in [1.165, 1.54) is 6.92 Å². The van der Waals surface area contributed by atoms with Crippen molar-refractivity contribution in [3.05, 3.63) is 36.0 Å². The first-order valence-electron chi connectivity index (χ1n) is 12.6. The van der Waals surface area contributed by atoms with Crippen molar-refractivity contribution in [3.63, 3.8) is 0 Å². The van der Waals surface area contributed by atoms with Crippen molar-refractivity contribution in [3.8, 4) is 0 Å². The lowest BCUT2D eigenvalue weighted by atomic mass is 9.98. The number of aliphatic carboxylic acids is 1. The number of nitrogens with two attached hydrogens (primary N) is 1. The Morgan fingerprint density at radius 2 is 1.68 bits per heavy atom. The zero-order valence-electron chi connectivity index (χ0n) is 22.2. The number of aromatic nitrogens is 1. The van der Waals surface area contributed by atoms with Gasteiger partial charge in [0.15, 0.2) is 0 Å². The second-order valence-electron chi connectivity index (χ2n) is 9.45. The van der Waals surface area contributed by atoms with E-state index in [0.717, 1.165) is 16.5 Å². The van der Waals surface area contributed by atoms with Crippen LogP contribution in [0.1, 0.15) is 39.2 Å². The monoisotopic (exact) mass is 549 g/mol. The number of para-hydroxylation sites is 1. The Bertz CT molecular complexity index is 1110. The highest BCUT2D eigenvalue weighted by Crippen LogP contribution is 2.19. The molecule has 8 N–H and O–H groups in total. The number of rotatable bonds is 15. The normalized spacial score (nSPS) is 16.1. The van der Waals surface area contributed by atoms with Crippen LogP contribution in [0, 0.1) is 5.92 Å². The van der Waals surface area contributed by atoms with Gasteiger partial charge in [0.05, 0.1) is 12.1 Å². The minimum Gasteiger partial charge on any atom is -0.480 e. The Morgan fingerprint density at radius 1 is 1.03 bits per heavy atom. The van der Waals surface area contributed by atoms with Gasteiger partial charge in [-0.1, -0.05) is 38.5 Å². The van der Waals surface area contributed by atoms with E-state index in [1.54, 1.807) is 31.8 Å². The first kappa shape index (κ1) is 31.1. The average molecular weight is 550 g/mol. The number of carboxylic acid groups (broad SMARTS) is 1. The maximum atomic E-state index is 13.4. The number of amides is 3. The predicted molar refractivity (Wildman–Crippen MR) is 148 cm³/mol. The second-order valence-corrected chi connectivity index (χ2v) is 10.4. The van der Waals surface area contributed by atoms with E-state index in [0.29, 0.717) is 18.6 Å². The van der Waals surface area contributed by atoms with Crippen molar-refractivity contribution in [2.45, 2.75) is 70.3 Å². The molecule has 1 aromatic carbocycles. The van der Waals surface area contributed by atoms with Crippen molar-refractivity contribution >= 4 is 46.4 Å². The number of carbonyl (C=O) groups excluding carboxylic acids is 3. The fourth-order valence-corrected chi connectivity index (χ4v) is 4.46. The molecule has 11 nitrogen and oxygen atoms in total. The molecule has 12 heteroatoms. The van der Waals surface area contributed by atoms with Gasteiger partial charge >= 0.3 is 5.97 Å². The van der Waals surface area contributed by atoms with E-state index in [9.17, 15) is 29.4 Å². The number of aliphatic hydroxyl groups excluding tert-OH is 1. The van der Waals surface area contributed by atoms with Gasteiger partial charge in [-0.2, -0.15) is 11.8 Å². The van der Waals surface area contributed by atoms with E-state index in [4.69, 9.17) is 5.73 Å². The molecule has 0 saturated heterocycles.